The van der Waals surface area contributed by atoms with Gasteiger partial charge in [-0.15, -0.1) is 0 Å². The number of hydrogen-bond donors (Lipinski definition) is 2. The largest absolute Gasteiger partial charge is 0.493 e. The van der Waals surface area contributed by atoms with Crippen LogP contribution in [0.25, 0.3) is 0 Å². The monoisotopic (exact) mass is 450 g/mol. The molecule has 3 N–H and O–H groups in total. The van der Waals surface area contributed by atoms with Gasteiger partial charge in [0.15, 0.2) is 24.2 Å². The van der Waals surface area contributed by atoms with Crippen molar-refractivity contribution in [2.24, 2.45) is 5.73 Å². The Morgan fingerprint density at radius 1 is 1.11 bits per heavy atom. The van der Waals surface area contributed by atoms with E-state index in [-0.39, 0.29) is 29.6 Å². The molecule has 0 bridgehead atoms. The van der Waals surface area contributed by atoms with E-state index in [0.29, 0.717) is 5.69 Å². The minimum Gasteiger partial charge on any atom is -0.493 e. The molecule has 148 valence electrons. The lowest BCUT2D eigenvalue weighted by Crippen LogP contribution is -2.30. The molecular formula is C19H19BrN2O6. The lowest BCUT2D eigenvalue weighted by atomic mass is 10.2. The number of rotatable bonds is 8. The molecule has 0 aliphatic rings. The Bertz CT molecular complexity index is 869. The molecule has 28 heavy (non-hydrogen) atoms. The van der Waals surface area contributed by atoms with Crippen LogP contribution in [0.15, 0.2) is 46.9 Å². The van der Waals surface area contributed by atoms with E-state index in [1.807, 2.05) is 0 Å². The molecule has 2 rings (SSSR count). The molecule has 0 aromatic heterocycles. The van der Waals surface area contributed by atoms with Gasteiger partial charge in [0, 0.05) is 10.2 Å². The van der Waals surface area contributed by atoms with Crippen molar-refractivity contribution in [3.05, 3.63) is 52.5 Å². The number of ether oxygens (including phenoxy) is 3. The van der Waals surface area contributed by atoms with Crippen LogP contribution < -0.4 is 20.5 Å². The van der Waals surface area contributed by atoms with Crippen LogP contribution in [-0.2, 0) is 14.3 Å². The predicted octanol–water partition coefficient (Wildman–Crippen LogP) is 2.51. The minimum absolute atomic E-state index is 0.150. The summed E-state index contributed by atoms with van der Waals surface area (Å²) in [4.78, 5) is 35.1. The number of carbonyl (C=O) groups is 3. The van der Waals surface area contributed by atoms with Crippen molar-refractivity contribution in [3.8, 4) is 11.5 Å². The summed E-state index contributed by atoms with van der Waals surface area (Å²) in [5, 5.41) is 2.70. The summed E-state index contributed by atoms with van der Waals surface area (Å²) in [7, 11) is 1.39. The number of hydrogen-bond acceptors (Lipinski definition) is 6. The van der Waals surface area contributed by atoms with Crippen LogP contribution in [0.1, 0.15) is 17.3 Å². The Kier molecular flexibility index (Phi) is 7.39. The Labute approximate surface area is 170 Å². The first-order chi connectivity index (χ1) is 13.3. The lowest BCUT2D eigenvalue weighted by Gasteiger charge is -2.13. The highest BCUT2D eigenvalue weighted by atomic mass is 79.9. The molecule has 2 aromatic carbocycles. The molecule has 1 unspecified atom stereocenters. The summed E-state index contributed by atoms with van der Waals surface area (Å²) >= 11 is 3.32. The van der Waals surface area contributed by atoms with Crippen LogP contribution in [0.3, 0.4) is 0 Å². The van der Waals surface area contributed by atoms with Crippen LogP contribution in [0, 0.1) is 0 Å². The third-order valence-corrected chi connectivity index (χ3v) is 4.10. The molecule has 0 spiro atoms. The molecule has 0 heterocycles. The van der Waals surface area contributed by atoms with Gasteiger partial charge in [-0.1, -0.05) is 15.9 Å². The van der Waals surface area contributed by atoms with E-state index < -0.39 is 18.0 Å². The molecule has 0 radical (unpaired) electrons. The number of nitrogens with two attached hydrogens (primary N) is 1. The summed E-state index contributed by atoms with van der Waals surface area (Å²) in [5.74, 6) is -1.34. The van der Waals surface area contributed by atoms with Crippen molar-refractivity contribution in [3.63, 3.8) is 0 Å². The van der Waals surface area contributed by atoms with Crippen molar-refractivity contribution in [1.82, 2.24) is 0 Å². The first kappa shape index (κ1) is 21.2. The Balaban J connectivity index is 1.99. The summed E-state index contributed by atoms with van der Waals surface area (Å²) in [6.07, 6.45) is -1.06. The fraction of sp³-hybridized carbons (Fsp3) is 0.211. The van der Waals surface area contributed by atoms with Crippen LogP contribution in [0.5, 0.6) is 11.5 Å². The van der Waals surface area contributed by atoms with Crippen molar-refractivity contribution >= 4 is 39.4 Å². The second kappa shape index (κ2) is 9.75. The maximum Gasteiger partial charge on any atom is 0.339 e. The molecule has 0 saturated carbocycles. The average molecular weight is 451 g/mol. The molecule has 0 aliphatic heterocycles. The van der Waals surface area contributed by atoms with Crippen LogP contribution >= 0.6 is 15.9 Å². The summed E-state index contributed by atoms with van der Waals surface area (Å²) in [5.41, 5.74) is 5.85. The number of halogens is 1. The summed E-state index contributed by atoms with van der Waals surface area (Å²) in [6.45, 7) is 1.12. The molecule has 9 heteroatoms. The van der Waals surface area contributed by atoms with Gasteiger partial charge >= 0.3 is 5.97 Å². The van der Waals surface area contributed by atoms with Gasteiger partial charge in [-0.2, -0.15) is 0 Å². The number of amides is 2. The highest BCUT2D eigenvalue weighted by molar-refractivity contribution is 9.10. The van der Waals surface area contributed by atoms with Gasteiger partial charge in [0.25, 0.3) is 11.8 Å². The van der Waals surface area contributed by atoms with Gasteiger partial charge in [0.1, 0.15) is 0 Å². The summed E-state index contributed by atoms with van der Waals surface area (Å²) in [6, 6.07) is 11.4. The van der Waals surface area contributed by atoms with Crippen LogP contribution in [-0.4, -0.2) is 37.6 Å². The number of esters is 1. The van der Waals surface area contributed by atoms with Crippen molar-refractivity contribution < 1.29 is 28.6 Å². The molecule has 0 saturated heterocycles. The SMILES string of the molecule is COc1cc(C(=O)OC(C)C(N)=O)ccc1OCC(=O)Nc1ccc(Br)cc1. The van der Waals surface area contributed by atoms with E-state index in [9.17, 15) is 14.4 Å². The fourth-order valence-electron chi connectivity index (χ4n) is 2.07. The van der Waals surface area contributed by atoms with Crippen LogP contribution in [0.2, 0.25) is 0 Å². The van der Waals surface area contributed by atoms with Crippen LogP contribution in [0.4, 0.5) is 5.69 Å². The van der Waals surface area contributed by atoms with Crippen molar-refractivity contribution in [1.29, 1.82) is 0 Å². The maximum absolute atomic E-state index is 12.0. The third kappa shape index (κ3) is 5.98. The number of anilines is 1. The first-order valence-electron chi connectivity index (χ1n) is 8.16. The average Bonchev–Trinajstić information content (AvgIpc) is 2.67. The predicted molar refractivity (Wildman–Crippen MR) is 105 cm³/mol. The molecule has 1 atom stereocenters. The second-order valence-electron chi connectivity index (χ2n) is 5.66. The molecule has 8 nitrogen and oxygen atoms in total. The molecule has 0 fully saturated rings. The second-order valence-corrected chi connectivity index (χ2v) is 6.57. The molecule has 0 aliphatic carbocycles. The van der Waals surface area contributed by atoms with E-state index in [4.69, 9.17) is 19.9 Å². The number of primary amides is 1. The van der Waals surface area contributed by atoms with Gasteiger partial charge in [0.2, 0.25) is 0 Å². The quantitative estimate of drug-likeness (QED) is 0.596. The van der Waals surface area contributed by atoms with E-state index in [2.05, 4.69) is 21.2 Å². The first-order valence-corrected chi connectivity index (χ1v) is 8.96. The maximum atomic E-state index is 12.0. The Hall–Kier alpha value is -3.07. The Morgan fingerprint density at radius 3 is 2.39 bits per heavy atom. The zero-order valence-electron chi connectivity index (χ0n) is 15.2. The van der Waals surface area contributed by atoms with Crippen molar-refractivity contribution in [2.75, 3.05) is 19.0 Å². The Morgan fingerprint density at radius 2 is 1.79 bits per heavy atom. The van der Waals surface area contributed by atoms with Gasteiger partial charge in [0.05, 0.1) is 12.7 Å². The normalized spacial score (nSPS) is 11.2. The number of methoxy groups -OCH3 is 1. The fourth-order valence-corrected chi connectivity index (χ4v) is 2.34. The van der Waals surface area contributed by atoms with Gasteiger partial charge < -0.3 is 25.3 Å². The van der Waals surface area contributed by atoms with Crippen molar-refractivity contribution in [2.45, 2.75) is 13.0 Å². The number of carbonyl (C=O) groups excluding carboxylic acids is 3. The molecular weight excluding hydrogens is 432 g/mol. The van der Waals surface area contributed by atoms with Gasteiger partial charge in [-0.05, 0) is 49.4 Å². The number of nitrogens with one attached hydrogen (secondary N) is 1. The van der Waals surface area contributed by atoms with E-state index >= 15 is 0 Å². The van der Waals surface area contributed by atoms with E-state index in [1.165, 1.54) is 32.2 Å². The zero-order chi connectivity index (χ0) is 20.7. The smallest absolute Gasteiger partial charge is 0.339 e. The number of benzene rings is 2. The van der Waals surface area contributed by atoms with Gasteiger partial charge in [-0.3, -0.25) is 9.59 Å². The minimum atomic E-state index is -1.06. The lowest BCUT2D eigenvalue weighted by molar-refractivity contribution is -0.125. The topological polar surface area (TPSA) is 117 Å². The zero-order valence-corrected chi connectivity index (χ0v) is 16.8. The van der Waals surface area contributed by atoms with E-state index in [1.54, 1.807) is 24.3 Å². The molecule has 2 aromatic rings. The summed E-state index contributed by atoms with van der Waals surface area (Å²) < 4.78 is 16.5. The highest BCUT2D eigenvalue weighted by Crippen LogP contribution is 2.28. The standard InChI is InChI=1S/C19H19BrN2O6/c1-11(18(21)24)28-19(25)12-3-8-15(16(9-12)26-2)27-10-17(23)22-14-6-4-13(20)5-7-14/h3-9,11H,10H2,1-2H3,(H2,21,24)(H,22,23). The van der Waals surface area contributed by atoms with E-state index in [0.717, 1.165) is 4.47 Å². The third-order valence-electron chi connectivity index (χ3n) is 3.57. The molecule has 2 amide bonds. The van der Waals surface area contributed by atoms with Gasteiger partial charge in [-0.25, -0.2) is 4.79 Å². The highest BCUT2D eigenvalue weighted by Gasteiger charge is 2.18.